The molecule has 0 amide bonds. The lowest BCUT2D eigenvalue weighted by Crippen LogP contribution is -2.71. The summed E-state index contributed by atoms with van der Waals surface area (Å²) in [7, 11) is 0. The zero-order chi connectivity index (χ0) is 8.22. The summed E-state index contributed by atoms with van der Waals surface area (Å²) in [5.41, 5.74) is -2.22. The molecule has 2 aliphatic rings. The van der Waals surface area contributed by atoms with Crippen LogP contribution in [0, 0.1) is 5.41 Å². The van der Waals surface area contributed by atoms with E-state index in [1.807, 2.05) is 0 Å². The molecule has 0 atom stereocenters. The van der Waals surface area contributed by atoms with Crippen LogP contribution in [0.2, 0.25) is 0 Å². The minimum Gasteiger partial charge on any atom is -0.390 e. The summed E-state index contributed by atoms with van der Waals surface area (Å²) in [5.74, 6) is -4.54. The molecule has 0 aromatic carbocycles. The Bertz CT molecular complexity index is 250. The van der Waals surface area contributed by atoms with Crippen LogP contribution in [0.5, 0.6) is 0 Å². The number of hydrogen-bond acceptors (Lipinski definition) is 6. The van der Waals surface area contributed by atoms with Crippen molar-refractivity contribution < 1.29 is 28.7 Å². The fourth-order valence-electron chi connectivity index (χ4n) is 0.882. The smallest absolute Gasteiger partial charge is 0.357 e. The second-order valence-electron chi connectivity index (χ2n) is 2.10. The number of rotatable bonds is 0. The van der Waals surface area contributed by atoms with Crippen molar-refractivity contribution in [3.8, 4) is 0 Å². The van der Waals surface area contributed by atoms with E-state index in [-0.39, 0.29) is 7.43 Å². The summed E-state index contributed by atoms with van der Waals surface area (Å²) in [4.78, 5) is 42.0. The minimum atomic E-state index is -2.22. The molecule has 6 heteroatoms. The Morgan fingerprint density at radius 1 is 0.750 bits per heavy atom. The van der Waals surface area contributed by atoms with E-state index < -0.39 is 29.3 Å². The average Bonchev–Trinajstić information content (AvgIpc) is 1.86. The van der Waals surface area contributed by atoms with Gasteiger partial charge in [0.25, 0.3) is 0 Å². The van der Waals surface area contributed by atoms with Gasteiger partial charge in [-0.2, -0.15) is 0 Å². The van der Waals surface area contributed by atoms with Gasteiger partial charge in [0.1, 0.15) is 0 Å². The van der Waals surface area contributed by atoms with Crippen LogP contribution in [-0.4, -0.2) is 23.9 Å². The first-order chi connectivity index (χ1) is 5.10. The monoisotopic (exact) mass is 172 g/mol. The van der Waals surface area contributed by atoms with Crippen LogP contribution in [-0.2, 0) is 28.7 Å². The SMILES string of the molecule is C.O=C1OC(=O)C12C(=O)OC2=O. The largest absolute Gasteiger partial charge is 0.390 e. The van der Waals surface area contributed by atoms with Crippen LogP contribution in [0.3, 0.4) is 0 Å². The lowest BCUT2D eigenvalue weighted by atomic mass is 9.80. The van der Waals surface area contributed by atoms with Crippen molar-refractivity contribution >= 4 is 23.9 Å². The van der Waals surface area contributed by atoms with Gasteiger partial charge < -0.3 is 9.47 Å². The first-order valence-electron chi connectivity index (χ1n) is 2.63. The summed E-state index contributed by atoms with van der Waals surface area (Å²) >= 11 is 0. The van der Waals surface area contributed by atoms with E-state index in [0.717, 1.165) is 0 Å². The molecule has 0 bridgehead atoms. The number of esters is 4. The fraction of sp³-hybridized carbons (Fsp3) is 0.333. The number of cyclic esters (lactones) is 4. The molecule has 0 aromatic rings. The molecule has 64 valence electrons. The van der Waals surface area contributed by atoms with Gasteiger partial charge in [-0.3, -0.25) is 0 Å². The molecule has 6 nitrogen and oxygen atoms in total. The van der Waals surface area contributed by atoms with Crippen LogP contribution in [0.1, 0.15) is 7.43 Å². The third kappa shape index (κ3) is 0.479. The van der Waals surface area contributed by atoms with Gasteiger partial charge in [-0.15, -0.1) is 0 Å². The van der Waals surface area contributed by atoms with Crippen LogP contribution < -0.4 is 0 Å². The highest BCUT2D eigenvalue weighted by Gasteiger charge is 2.80. The summed E-state index contributed by atoms with van der Waals surface area (Å²) in [6.45, 7) is 0. The summed E-state index contributed by atoms with van der Waals surface area (Å²) in [6, 6.07) is 0. The Kier molecular flexibility index (Phi) is 1.33. The maximum absolute atomic E-state index is 10.5. The van der Waals surface area contributed by atoms with Crippen LogP contribution in [0.15, 0.2) is 0 Å². The molecule has 0 aliphatic carbocycles. The van der Waals surface area contributed by atoms with E-state index in [9.17, 15) is 19.2 Å². The van der Waals surface area contributed by atoms with Crippen molar-refractivity contribution in [3.05, 3.63) is 0 Å². The number of carbonyl (C=O) groups is 4. The summed E-state index contributed by atoms with van der Waals surface area (Å²) in [5, 5.41) is 0. The van der Waals surface area contributed by atoms with Gasteiger partial charge in [-0.25, -0.2) is 19.2 Å². The Morgan fingerprint density at radius 2 is 1.00 bits per heavy atom. The standard InChI is InChI=1S/C5O6.CH4/c6-1-5(2(7)10-1)3(8)11-4(5)9;/h;1H4. The van der Waals surface area contributed by atoms with Gasteiger partial charge >= 0.3 is 29.3 Å². The molecule has 2 rings (SSSR count). The third-order valence-corrected chi connectivity index (χ3v) is 1.60. The lowest BCUT2D eigenvalue weighted by Gasteiger charge is -2.36. The molecule has 2 heterocycles. The van der Waals surface area contributed by atoms with E-state index in [1.54, 1.807) is 0 Å². The predicted octanol–water partition coefficient (Wildman–Crippen LogP) is -1.22. The molecular weight excluding hydrogens is 168 g/mol. The van der Waals surface area contributed by atoms with Gasteiger partial charge in [-0.1, -0.05) is 7.43 Å². The van der Waals surface area contributed by atoms with E-state index in [0.29, 0.717) is 0 Å². The Balaban J connectivity index is 0.000000720. The molecule has 0 saturated carbocycles. The lowest BCUT2D eigenvalue weighted by molar-refractivity contribution is -0.223. The van der Waals surface area contributed by atoms with E-state index in [2.05, 4.69) is 9.47 Å². The van der Waals surface area contributed by atoms with Crippen molar-refractivity contribution in [1.82, 2.24) is 0 Å². The van der Waals surface area contributed by atoms with Gasteiger partial charge in [-0.05, 0) is 0 Å². The molecule has 12 heavy (non-hydrogen) atoms. The number of ether oxygens (including phenoxy) is 2. The maximum atomic E-state index is 10.5. The molecule has 0 N–H and O–H groups in total. The fourth-order valence-corrected chi connectivity index (χ4v) is 0.882. The van der Waals surface area contributed by atoms with Crippen LogP contribution in [0.4, 0.5) is 0 Å². The van der Waals surface area contributed by atoms with Crippen LogP contribution >= 0.6 is 0 Å². The van der Waals surface area contributed by atoms with Crippen molar-refractivity contribution in [3.63, 3.8) is 0 Å². The van der Waals surface area contributed by atoms with Crippen LogP contribution in [0.25, 0.3) is 0 Å². The van der Waals surface area contributed by atoms with Crippen molar-refractivity contribution in [1.29, 1.82) is 0 Å². The van der Waals surface area contributed by atoms with E-state index in [4.69, 9.17) is 0 Å². The van der Waals surface area contributed by atoms with E-state index >= 15 is 0 Å². The zero-order valence-electron chi connectivity index (χ0n) is 4.95. The van der Waals surface area contributed by atoms with Crippen molar-refractivity contribution in [2.75, 3.05) is 0 Å². The molecule has 2 fully saturated rings. The molecule has 0 radical (unpaired) electrons. The summed E-state index contributed by atoms with van der Waals surface area (Å²) < 4.78 is 7.68. The highest BCUT2D eigenvalue weighted by molar-refractivity contribution is 6.46. The Labute approximate surface area is 66.4 Å². The van der Waals surface area contributed by atoms with Crippen molar-refractivity contribution in [2.24, 2.45) is 5.41 Å². The molecule has 2 aliphatic heterocycles. The molecule has 0 unspecified atom stereocenters. The normalized spacial score (nSPS) is 23.3. The minimum absolute atomic E-state index is 0. The molecule has 0 aromatic heterocycles. The number of hydrogen-bond donors (Lipinski definition) is 0. The average molecular weight is 172 g/mol. The second kappa shape index (κ2) is 1.90. The topological polar surface area (TPSA) is 86.7 Å². The first kappa shape index (κ1) is 8.38. The maximum Gasteiger partial charge on any atom is 0.357 e. The Hall–Kier alpha value is -1.72. The van der Waals surface area contributed by atoms with E-state index in [1.165, 1.54) is 0 Å². The van der Waals surface area contributed by atoms with Crippen molar-refractivity contribution in [2.45, 2.75) is 7.43 Å². The van der Waals surface area contributed by atoms with Gasteiger partial charge in [0.15, 0.2) is 0 Å². The molecular formula is C6H4O6. The predicted molar refractivity (Wildman–Crippen MR) is 31.4 cm³/mol. The first-order valence-corrected chi connectivity index (χ1v) is 2.63. The highest BCUT2D eigenvalue weighted by Crippen LogP contribution is 2.40. The second-order valence-corrected chi connectivity index (χ2v) is 2.10. The zero-order valence-corrected chi connectivity index (χ0v) is 4.95. The van der Waals surface area contributed by atoms with Gasteiger partial charge in [0.2, 0.25) is 0 Å². The third-order valence-electron chi connectivity index (χ3n) is 1.60. The Morgan fingerprint density at radius 3 is 1.08 bits per heavy atom. The van der Waals surface area contributed by atoms with Gasteiger partial charge in [0.05, 0.1) is 0 Å². The molecule has 2 saturated heterocycles. The number of carbonyl (C=O) groups excluding carboxylic acids is 4. The quantitative estimate of drug-likeness (QED) is 0.336. The highest BCUT2D eigenvalue weighted by atomic mass is 16.7. The van der Waals surface area contributed by atoms with Gasteiger partial charge in [0, 0.05) is 0 Å². The summed E-state index contributed by atoms with van der Waals surface area (Å²) in [6.07, 6.45) is 0. The molecule has 1 spiro atoms.